The number of benzene rings is 18. The van der Waals surface area contributed by atoms with E-state index in [4.69, 9.17) is 0 Å². The molecule has 98 heavy (non-hydrogen) atoms. The fraction of sp³-hybridized carbons (Fsp3) is 0.0417. The van der Waals surface area contributed by atoms with Crippen LogP contribution < -0.4 is 9.80 Å². The smallest absolute Gasteiger partial charge is 0.0569 e. The van der Waals surface area contributed by atoms with Crippen LogP contribution in [-0.2, 0) is 0 Å². The molecule has 0 aliphatic rings. The van der Waals surface area contributed by atoms with Crippen molar-refractivity contribution in [1.29, 1.82) is 0 Å². The summed E-state index contributed by atoms with van der Waals surface area (Å²) in [6, 6.07) is 126. The quantitative estimate of drug-likeness (QED) is 0.119. The Balaban J connectivity index is 0.750. The first-order chi connectivity index (χ1) is 48.3. The second kappa shape index (κ2) is 23.8. The van der Waals surface area contributed by atoms with Gasteiger partial charge in [0, 0.05) is 33.9 Å². The third-order valence-electron chi connectivity index (χ3n) is 20.7. The Morgan fingerprint density at radius 1 is 0.173 bits per heavy atom. The summed E-state index contributed by atoms with van der Waals surface area (Å²) in [5.41, 5.74) is 23.3. The fourth-order valence-corrected chi connectivity index (χ4v) is 16.0. The molecular formula is C96H68N2. The first-order valence-corrected chi connectivity index (χ1v) is 34.1. The fourth-order valence-electron chi connectivity index (χ4n) is 16.0. The predicted octanol–water partition coefficient (Wildman–Crippen LogP) is 27.4. The van der Waals surface area contributed by atoms with E-state index in [0.717, 1.165) is 45.3 Å². The number of para-hydroxylation sites is 2. The van der Waals surface area contributed by atoms with Gasteiger partial charge in [0.05, 0.1) is 11.4 Å². The Morgan fingerprint density at radius 3 is 0.796 bits per heavy atom. The Kier molecular flexibility index (Phi) is 14.2. The zero-order valence-electron chi connectivity index (χ0n) is 55.2. The van der Waals surface area contributed by atoms with E-state index in [9.17, 15) is 0 Å². The van der Waals surface area contributed by atoms with Gasteiger partial charge in [-0.25, -0.2) is 0 Å². The summed E-state index contributed by atoms with van der Waals surface area (Å²) in [6.07, 6.45) is 0. The largest absolute Gasteiger partial charge is 0.309 e. The standard InChI is InChI=1S/C96H68N2/c1-61-21-17-39-89(77-37-19-25-67-23-5-7-27-75(67)77)95(61)97(73-49-41-65(42-50-73)71-45-53-87-83-33-11-9-29-79(83)81-31-13-15-35-85(81)91(87)59-71)93-55-47-69(57-63(93)3)70-48-56-94(64(4)58-70)98(96-62(2)22-18-40-90(96)78-38-20-26-68-24-6-8-28-76(68)78)74-51-43-66(44-52-74)72-46-54-88-84-34-12-10-30-80(84)82-32-14-16-36-86(82)92(88)60-72/h5-60H,1-4H3. The van der Waals surface area contributed by atoms with Crippen LogP contribution in [0.5, 0.6) is 0 Å². The second-order valence-electron chi connectivity index (χ2n) is 26.5. The van der Waals surface area contributed by atoms with Crippen molar-refractivity contribution in [2.75, 3.05) is 9.80 Å². The highest BCUT2D eigenvalue weighted by molar-refractivity contribution is 6.27. The summed E-state index contributed by atoms with van der Waals surface area (Å²) in [4.78, 5) is 5.01. The van der Waals surface area contributed by atoms with Gasteiger partial charge in [0.2, 0.25) is 0 Å². The van der Waals surface area contributed by atoms with Crippen molar-refractivity contribution >= 4 is 120 Å². The number of aryl methyl sites for hydroxylation is 4. The summed E-state index contributed by atoms with van der Waals surface area (Å²) in [5, 5.41) is 20.2. The lowest BCUT2D eigenvalue weighted by Gasteiger charge is -2.32. The van der Waals surface area contributed by atoms with Crippen LogP contribution in [0.4, 0.5) is 34.1 Å². The van der Waals surface area contributed by atoms with Gasteiger partial charge in [0.25, 0.3) is 0 Å². The highest BCUT2D eigenvalue weighted by atomic mass is 15.2. The number of rotatable bonds is 11. The molecule has 0 bridgehead atoms. The van der Waals surface area contributed by atoms with Gasteiger partial charge in [0.15, 0.2) is 0 Å². The monoisotopic (exact) mass is 1250 g/mol. The van der Waals surface area contributed by atoms with Gasteiger partial charge in [0.1, 0.15) is 0 Å². The van der Waals surface area contributed by atoms with Crippen molar-refractivity contribution in [1.82, 2.24) is 0 Å². The molecule has 0 atom stereocenters. The zero-order valence-corrected chi connectivity index (χ0v) is 55.2. The molecular weight excluding hydrogens is 1180 g/mol. The first-order valence-electron chi connectivity index (χ1n) is 34.1. The average molecular weight is 1250 g/mol. The minimum absolute atomic E-state index is 1.09. The molecule has 18 rings (SSSR count). The maximum atomic E-state index is 2.51. The highest BCUT2D eigenvalue weighted by Crippen LogP contribution is 2.50. The molecule has 0 aromatic heterocycles. The molecule has 0 unspecified atom stereocenters. The summed E-state index contributed by atoms with van der Waals surface area (Å²) in [6.45, 7) is 9.08. The van der Waals surface area contributed by atoms with Crippen LogP contribution in [0.2, 0.25) is 0 Å². The van der Waals surface area contributed by atoms with Crippen LogP contribution in [0.25, 0.3) is 142 Å². The number of fused-ring (bicyclic) bond motifs is 14. The molecule has 0 amide bonds. The SMILES string of the molecule is Cc1cc(-c2ccc(N(c3ccc(-c4ccc5c6ccccc6c6ccccc6c5c4)cc3)c3c(C)cccc3-c3cccc4ccccc34)c(C)c2)ccc1N(c1ccc(-c2ccc3c4ccccc4c4ccccc4c3c2)cc1)c1c(C)cccc1-c1cccc2ccccc12. The molecule has 18 aromatic carbocycles. The first kappa shape index (κ1) is 58.2. The molecule has 2 nitrogen and oxygen atoms in total. The molecule has 0 aliphatic heterocycles. The lowest BCUT2D eigenvalue weighted by atomic mass is 9.92. The number of anilines is 6. The Labute approximate surface area is 571 Å². The molecule has 0 heterocycles. The van der Waals surface area contributed by atoms with E-state index in [1.165, 1.54) is 153 Å². The molecule has 462 valence electrons. The number of hydrogen-bond acceptors (Lipinski definition) is 2. The zero-order chi connectivity index (χ0) is 65.5. The van der Waals surface area contributed by atoms with Crippen LogP contribution in [0, 0.1) is 27.7 Å². The van der Waals surface area contributed by atoms with Crippen LogP contribution in [0.1, 0.15) is 22.3 Å². The molecule has 0 saturated carbocycles. The van der Waals surface area contributed by atoms with Gasteiger partial charge in [-0.1, -0.05) is 279 Å². The van der Waals surface area contributed by atoms with Crippen LogP contribution in [-0.4, -0.2) is 0 Å². The molecule has 0 radical (unpaired) electrons. The number of hydrogen-bond donors (Lipinski definition) is 0. The molecule has 0 saturated heterocycles. The minimum Gasteiger partial charge on any atom is -0.309 e. The van der Waals surface area contributed by atoms with Crippen molar-refractivity contribution in [3.8, 4) is 55.6 Å². The summed E-state index contributed by atoms with van der Waals surface area (Å²) < 4.78 is 0. The summed E-state index contributed by atoms with van der Waals surface area (Å²) >= 11 is 0. The van der Waals surface area contributed by atoms with Crippen molar-refractivity contribution in [2.45, 2.75) is 27.7 Å². The van der Waals surface area contributed by atoms with E-state index in [1.54, 1.807) is 0 Å². The van der Waals surface area contributed by atoms with E-state index in [0.29, 0.717) is 0 Å². The maximum Gasteiger partial charge on any atom is 0.0569 e. The van der Waals surface area contributed by atoms with Crippen molar-refractivity contribution in [3.05, 3.63) is 362 Å². The lowest BCUT2D eigenvalue weighted by molar-refractivity contribution is 1.22. The summed E-state index contributed by atoms with van der Waals surface area (Å²) in [5.74, 6) is 0. The maximum absolute atomic E-state index is 2.51. The molecule has 0 spiro atoms. The van der Waals surface area contributed by atoms with Crippen LogP contribution in [0.3, 0.4) is 0 Å². The van der Waals surface area contributed by atoms with E-state index in [-0.39, 0.29) is 0 Å². The molecule has 0 N–H and O–H groups in total. The van der Waals surface area contributed by atoms with Gasteiger partial charge in [-0.2, -0.15) is 0 Å². The Bertz CT molecular complexity index is 5770. The molecule has 0 aliphatic carbocycles. The van der Waals surface area contributed by atoms with E-state index in [1.807, 2.05) is 0 Å². The molecule has 18 aromatic rings. The van der Waals surface area contributed by atoms with Gasteiger partial charge in [-0.05, 0) is 241 Å². The lowest BCUT2D eigenvalue weighted by Crippen LogP contribution is -2.14. The average Bonchev–Trinajstić information content (AvgIpc) is 0.763. The Morgan fingerprint density at radius 2 is 0.439 bits per heavy atom. The second-order valence-corrected chi connectivity index (χ2v) is 26.5. The third-order valence-corrected chi connectivity index (χ3v) is 20.7. The topological polar surface area (TPSA) is 6.48 Å². The van der Waals surface area contributed by atoms with Crippen molar-refractivity contribution < 1.29 is 0 Å². The number of nitrogens with zero attached hydrogens (tertiary/aromatic N) is 2. The van der Waals surface area contributed by atoms with Crippen LogP contribution in [0.15, 0.2) is 340 Å². The van der Waals surface area contributed by atoms with E-state index >= 15 is 0 Å². The van der Waals surface area contributed by atoms with Gasteiger partial charge < -0.3 is 9.80 Å². The van der Waals surface area contributed by atoms with Crippen molar-refractivity contribution in [3.63, 3.8) is 0 Å². The molecule has 2 heteroatoms. The van der Waals surface area contributed by atoms with E-state index < -0.39 is 0 Å². The van der Waals surface area contributed by atoms with Gasteiger partial charge in [-0.15, -0.1) is 0 Å². The van der Waals surface area contributed by atoms with Crippen LogP contribution >= 0.6 is 0 Å². The predicted molar refractivity (Wildman–Crippen MR) is 422 cm³/mol. The third kappa shape index (κ3) is 9.78. The van der Waals surface area contributed by atoms with Gasteiger partial charge >= 0.3 is 0 Å². The summed E-state index contributed by atoms with van der Waals surface area (Å²) in [7, 11) is 0. The molecule has 0 fully saturated rings. The normalized spacial score (nSPS) is 11.7. The van der Waals surface area contributed by atoms with Crippen molar-refractivity contribution in [2.24, 2.45) is 0 Å². The Hall–Kier alpha value is -12.4. The van der Waals surface area contributed by atoms with E-state index in [2.05, 4.69) is 377 Å². The van der Waals surface area contributed by atoms with Gasteiger partial charge in [-0.3, -0.25) is 0 Å². The highest BCUT2D eigenvalue weighted by Gasteiger charge is 2.26. The minimum atomic E-state index is 1.09.